The lowest BCUT2D eigenvalue weighted by Gasteiger charge is -2.25. The van der Waals surface area contributed by atoms with Crippen molar-refractivity contribution in [2.45, 2.75) is 45.6 Å². The molecule has 96 valence electrons. The summed E-state index contributed by atoms with van der Waals surface area (Å²) >= 11 is 12.0. The smallest absolute Gasteiger partial charge is 0.0595 e. The standard InChI is InChI=1S/C14H21Cl2N/c1-4-6-14(17-5-2)10(3)11-7-8-12(15)13(16)9-11/h7-10,14,17H,4-6H2,1-3H3. The van der Waals surface area contributed by atoms with Gasteiger partial charge in [-0.1, -0.05) is 56.5 Å². The third-order valence-corrected chi connectivity index (χ3v) is 3.88. The highest BCUT2D eigenvalue weighted by Crippen LogP contribution is 2.29. The van der Waals surface area contributed by atoms with Crippen molar-refractivity contribution in [2.75, 3.05) is 6.54 Å². The lowest BCUT2D eigenvalue weighted by molar-refractivity contribution is 0.430. The van der Waals surface area contributed by atoms with E-state index in [4.69, 9.17) is 23.2 Å². The Morgan fingerprint density at radius 1 is 1.18 bits per heavy atom. The molecule has 1 rings (SSSR count). The molecule has 0 fully saturated rings. The zero-order valence-electron chi connectivity index (χ0n) is 10.8. The lowest BCUT2D eigenvalue weighted by Crippen LogP contribution is -2.33. The van der Waals surface area contributed by atoms with Gasteiger partial charge in [0.1, 0.15) is 0 Å². The van der Waals surface area contributed by atoms with Crippen molar-refractivity contribution in [1.82, 2.24) is 5.32 Å². The van der Waals surface area contributed by atoms with Gasteiger partial charge in [-0.2, -0.15) is 0 Å². The number of halogens is 2. The first kappa shape index (κ1) is 14.8. The molecule has 0 spiro atoms. The molecule has 0 radical (unpaired) electrons. The topological polar surface area (TPSA) is 12.0 Å². The summed E-state index contributed by atoms with van der Waals surface area (Å²) in [6.45, 7) is 7.59. The van der Waals surface area contributed by atoms with Crippen molar-refractivity contribution in [3.05, 3.63) is 33.8 Å². The maximum Gasteiger partial charge on any atom is 0.0595 e. The van der Waals surface area contributed by atoms with Crippen LogP contribution >= 0.6 is 23.2 Å². The molecule has 1 aromatic carbocycles. The van der Waals surface area contributed by atoms with E-state index in [-0.39, 0.29) is 0 Å². The van der Waals surface area contributed by atoms with Crippen molar-refractivity contribution in [2.24, 2.45) is 0 Å². The average molecular weight is 274 g/mol. The SMILES string of the molecule is CCCC(NCC)C(C)c1ccc(Cl)c(Cl)c1. The van der Waals surface area contributed by atoms with E-state index in [9.17, 15) is 0 Å². The molecule has 1 nitrogen and oxygen atoms in total. The van der Waals surface area contributed by atoms with E-state index in [1.54, 1.807) is 0 Å². The Kier molecular flexibility index (Phi) is 6.32. The summed E-state index contributed by atoms with van der Waals surface area (Å²) in [5.41, 5.74) is 1.25. The molecule has 2 atom stereocenters. The van der Waals surface area contributed by atoms with Crippen molar-refractivity contribution >= 4 is 23.2 Å². The van der Waals surface area contributed by atoms with E-state index in [1.807, 2.05) is 12.1 Å². The number of likely N-dealkylation sites (N-methyl/N-ethyl adjacent to an activating group) is 1. The van der Waals surface area contributed by atoms with Gasteiger partial charge in [0, 0.05) is 6.04 Å². The zero-order valence-corrected chi connectivity index (χ0v) is 12.3. The monoisotopic (exact) mass is 273 g/mol. The molecule has 0 saturated carbocycles. The Labute approximate surface area is 115 Å². The van der Waals surface area contributed by atoms with E-state index >= 15 is 0 Å². The van der Waals surface area contributed by atoms with Gasteiger partial charge in [0.15, 0.2) is 0 Å². The molecule has 1 aromatic rings. The van der Waals surface area contributed by atoms with Crippen LogP contribution in [-0.2, 0) is 0 Å². The van der Waals surface area contributed by atoms with Crippen LogP contribution in [0.1, 0.15) is 45.1 Å². The van der Waals surface area contributed by atoms with E-state index < -0.39 is 0 Å². The summed E-state index contributed by atoms with van der Waals surface area (Å²) < 4.78 is 0. The van der Waals surface area contributed by atoms with Crippen LogP contribution in [0.5, 0.6) is 0 Å². The highest BCUT2D eigenvalue weighted by atomic mass is 35.5. The predicted octanol–water partition coefficient (Wildman–Crippen LogP) is 4.88. The second kappa shape index (κ2) is 7.25. The fourth-order valence-corrected chi connectivity index (χ4v) is 2.44. The summed E-state index contributed by atoms with van der Waals surface area (Å²) in [4.78, 5) is 0. The minimum absolute atomic E-state index is 0.449. The first-order valence-corrected chi connectivity index (χ1v) is 7.04. The number of hydrogen-bond acceptors (Lipinski definition) is 1. The second-order valence-corrected chi connectivity index (χ2v) is 5.23. The third-order valence-electron chi connectivity index (χ3n) is 3.14. The molecule has 0 bridgehead atoms. The van der Waals surface area contributed by atoms with Gasteiger partial charge >= 0.3 is 0 Å². The first-order valence-electron chi connectivity index (χ1n) is 6.28. The molecule has 1 N–H and O–H groups in total. The largest absolute Gasteiger partial charge is 0.314 e. The fraction of sp³-hybridized carbons (Fsp3) is 0.571. The van der Waals surface area contributed by atoms with Gasteiger partial charge in [0.2, 0.25) is 0 Å². The van der Waals surface area contributed by atoms with Gasteiger partial charge in [0.05, 0.1) is 10.0 Å². The Morgan fingerprint density at radius 2 is 1.88 bits per heavy atom. The molecule has 0 saturated heterocycles. The van der Waals surface area contributed by atoms with Crippen LogP contribution in [-0.4, -0.2) is 12.6 Å². The van der Waals surface area contributed by atoms with E-state index in [1.165, 1.54) is 18.4 Å². The minimum atomic E-state index is 0.449. The van der Waals surface area contributed by atoms with Gasteiger partial charge in [-0.3, -0.25) is 0 Å². The lowest BCUT2D eigenvalue weighted by atomic mass is 9.90. The van der Waals surface area contributed by atoms with Crippen LogP contribution in [0.25, 0.3) is 0 Å². The molecule has 0 aliphatic heterocycles. The Morgan fingerprint density at radius 3 is 2.41 bits per heavy atom. The Bertz CT molecular complexity index is 346. The molecule has 0 amide bonds. The third kappa shape index (κ3) is 4.17. The van der Waals surface area contributed by atoms with Crippen molar-refractivity contribution < 1.29 is 0 Å². The molecular formula is C14H21Cl2N. The molecule has 0 aliphatic rings. The van der Waals surface area contributed by atoms with E-state index in [0.29, 0.717) is 22.0 Å². The Balaban J connectivity index is 2.84. The first-order chi connectivity index (χ1) is 8.10. The molecule has 2 unspecified atom stereocenters. The van der Waals surface area contributed by atoms with Crippen LogP contribution in [0.3, 0.4) is 0 Å². The second-order valence-electron chi connectivity index (χ2n) is 4.42. The average Bonchev–Trinajstić information content (AvgIpc) is 2.31. The van der Waals surface area contributed by atoms with Crippen molar-refractivity contribution in [3.8, 4) is 0 Å². The zero-order chi connectivity index (χ0) is 12.8. The fourth-order valence-electron chi connectivity index (χ4n) is 2.13. The van der Waals surface area contributed by atoms with Gasteiger partial charge < -0.3 is 5.32 Å². The number of benzene rings is 1. The summed E-state index contributed by atoms with van der Waals surface area (Å²) in [7, 11) is 0. The van der Waals surface area contributed by atoms with Crippen LogP contribution in [0.4, 0.5) is 0 Å². The highest BCUT2D eigenvalue weighted by molar-refractivity contribution is 6.42. The normalized spacial score (nSPS) is 14.6. The van der Waals surface area contributed by atoms with Gasteiger partial charge in [-0.25, -0.2) is 0 Å². The molecule has 17 heavy (non-hydrogen) atoms. The van der Waals surface area contributed by atoms with Gasteiger partial charge in [-0.05, 0) is 36.6 Å². The number of rotatable bonds is 6. The maximum absolute atomic E-state index is 6.06. The summed E-state index contributed by atoms with van der Waals surface area (Å²) in [6, 6.07) is 6.43. The summed E-state index contributed by atoms with van der Waals surface area (Å²) in [5, 5.41) is 4.80. The maximum atomic E-state index is 6.06. The van der Waals surface area contributed by atoms with Crippen LogP contribution < -0.4 is 5.32 Å². The number of hydrogen-bond donors (Lipinski definition) is 1. The van der Waals surface area contributed by atoms with Crippen molar-refractivity contribution in [3.63, 3.8) is 0 Å². The quantitative estimate of drug-likeness (QED) is 0.780. The van der Waals surface area contributed by atoms with Crippen molar-refractivity contribution in [1.29, 1.82) is 0 Å². The van der Waals surface area contributed by atoms with Gasteiger partial charge in [-0.15, -0.1) is 0 Å². The van der Waals surface area contributed by atoms with E-state index in [0.717, 1.165) is 6.54 Å². The summed E-state index contributed by atoms with van der Waals surface area (Å²) in [6.07, 6.45) is 2.36. The van der Waals surface area contributed by atoms with E-state index in [2.05, 4.69) is 32.2 Å². The predicted molar refractivity (Wildman–Crippen MR) is 77.2 cm³/mol. The summed E-state index contributed by atoms with van der Waals surface area (Å²) in [5.74, 6) is 0.449. The minimum Gasteiger partial charge on any atom is -0.314 e. The number of nitrogens with one attached hydrogen (secondary N) is 1. The molecule has 3 heteroatoms. The molecular weight excluding hydrogens is 253 g/mol. The van der Waals surface area contributed by atoms with Crippen LogP contribution in [0, 0.1) is 0 Å². The van der Waals surface area contributed by atoms with Crippen LogP contribution in [0.2, 0.25) is 10.0 Å². The van der Waals surface area contributed by atoms with Gasteiger partial charge in [0.25, 0.3) is 0 Å². The molecule has 0 aliphatic carbocycles. The highest BCUT2D eigenvalue weighted by Gasteiger charge is 2.17. The molecule has 0 heterocycles. The molecule has 0 aromatic heterocycles. The Hall–Kier alpha value is -0.240. The van der Waals surface area contributed by atoms with Crippen LogP contribution in [0.15, 0.2) is 18.2 Å².